The van der Waals surface area contributed by atoms with Gasteiger partial charge >= 0.3 is 5.97 Å². The molecule has 4 heteroatoms. The molecule has 1 amide bonds. The van der Waals surface area contributed by atoms with Crippen molar-refractivity contribution in [3.8, 4) is 0 Å². The van der Waals surface area contributed by atoms with E-state index in [9.17, 15) is 9.59 Å². The van der Waals surface area contributed by atoms with E-state index < -0.39 is 5.97 Å². The average molecular weight is 199 g/mol. The first-order valence-corrected chi connectivity index (χ1v) is 5.16. The van der Waals surface area contributed by atoms with Crippen molar-refractivity contribution in [3.63, 3.8) is 0 Å². The van der Waals surface area contributed by atoms with Crippen LogP contribution in [0.4, 0.5) is 0 Å². The van der Waals surface area contributed by atoms with E-state index in [4.69, 9.17) is 5.11 Å². The fourth-order valence-electron chi connectivity index (χ4n) is 1.42. The lowest BCUT2D eigenvalue weighted by Gasteiger charge is -2.19. The van der Waals surface area contributed by atoms with Gasteiger partial charge < -0.3 is 10.0 Å². The first kappa shape index (κ1) is 11.0. The minimum Gasteiger partial charge on any atom is -0.480 e. The van der Waals surface area contributed by atoms with Gasteiger partial charge in [-0.3, -0.25) is 9.59 Å². The number of carbonyl (C=O) groups excluding carboxylic acids is 1. The summed E-state index contributed by atoms with van der Waals surface area (Å²) >= 11 is 0. The number of hydrogen-bond acceptors (Lipinski definition) is 2. The summed E-state index contributed by atoms with van der Waals surface area (Å²) in [6.45, 7) is 1.89. The van der Waals surface area contributed by atoms with Gasteiger partial charge in [-0.2, -0.15) is 0 Å². The van der Waals surface area contributed by atoms with Crippen molar-refractivity contribution in [1.82, 2.24) is 4.90 Å². The van der Waals surface area contributed by atoms with Gasteiger partial charge in [0.1, 0.15) is 6.54 Å². The van der Waals surface area contributed by atoms with Gasteiger partial charge in [-0.05, 0) is 19.3 Å². The Morgan fingerprint density at radius 3 is 2.50 bits per heavy atom. The number of hydrogen-bond donors (Lipinski definition) is 1. The van der Waals surface area contributed by atoms with Gasteiger partial charge in [0.15, 0.2) is 0 Å². The molecule has 14 heavy (non-hydrogen) atoms. The average Bonchev–Trinajstić information content (AvgIpc) is 2.93. The van der Waals surface area contributed by atoms with Crippen LogP contribution in [0.2, 0.25) is 0 Å². The van der Waals surface area contributed by atoms with Crippen LogP contribution >= 0.6 is 0 Å². The summed E-state index contributed by atoms with van der Waals surface area (Å²) in [5.74, 6) is -0.918. The Kier molecular flexibility index (Phi) is 3.92. The molecule has 0 heterocycles. The molecule has 0 aromatic rings. The Balaban J connectivity index is 2.40. The number of carboxylic acids is 1. The van der Waals surface area contributed by atoms with Crippen LogP contribution in [0.1, 0.15) is 39.0 Å². The smallest absolute Gasteiger partial charge is 0.323 e. The molecule has 1 fully saturated rings. The maximum Gasteiger partial charge on any atom is 0.323 e. The molecule has 1 rings (SSSR count). The summed E-state index contributed by atoms with van der Waals surface area (Å²) in [6.07, 6.45) is 4.23. The summed E-state index contributed by atoms with van der Waals surface area (Å²) < 4.78 is 0. The van der Waals surface area contributed by atoms with Crippen LogP contribution in [-0.2, 0) is 9.59 Å². The predicted molar refractivity (Wildman–Crippen MR) is 51.9 cm³/mol. The van der Waals surface area contributed by atoms with Crippen molar-refractivity contribution in [2.75, 3.05) is 6.54 Å². The lowest BCUT2D eigenvalue weighted by atomic mass is 10.2. The van der Waals surface area contributed by atoms with Gasteiger partial charge in [0, 0.05) is 12.5 Å². The van der Waals surface area contributed by atoms with Crippen molar-refractivity contribution in [2.24, 2.45) is 0 Å². The van der Waals surface area contributed by atoms with Gasteiger partial charge in [0.25, 0.3) is 0 Å². The molecule has 1 aliphatic carbocycles. The number of carbonyl (C=O) groups is 2. The summed E-state index contributed by atoms with van der Waals surface area (Å²) in [5.41, 5.74) is 0. The molecule has 1 saturated carbocycles. The maximum atomic E-state index is 11.6. The topological polar surface area (TPSA) is 57.6 Å². The van der Waals surface area contributed by atoms with E-state index in [0.717, 1.165) is 25.7 Å². The number of amides is 1. The van der Waals surface area contributed by atoms with Crippen molar-refractivity contribution < 1.29 is 14.7 Å². The van der Waals surface area contributed by atoms with Crippen molar-refractivity contribution in [1.29, 1.82) is 0 Å². The van der Waals surface area contributed by atoms with Crippen LogP contribution in [-0.4, -0.2) is 34.5 Å². The molecule has 4 nitrogen and oxygen atoms in total. The van der Waals surface area contributed by atoms with E-state index in [0.29, 0.717) is 6.42 Å². The molecule has 0 bridgehead atoms. The van der Waals surface area contributed by atoms with Gasteiger partial charge in [-0.15, -0.1) is 0 Å². The maximum absolute atomic E-state index is 11.6. The molecule has 0 atom stereocenters. The molecule has 0 radical (unpaired) electrons. The molecule has 0 aromatic heterocycles. The minimum atomic E-state index is -0.915. The van der Waals surface area contributed by atoms with Gasteiger partial charge in [0.05, 0.1) is 0 Å². The number of rotatable bonds is 6. The Morgan fingerprint density at radius 1 is 1.43 bits per heavy atom. The molecule has 0 aliphatic heterocycles. The van der Waals surface area contributed by atoms with Crippen LogP contribution in [0.5, 0.6) is 0 Å². The molecule has 0 spiro atoms. The number of carboxylic acid groups (broad SMARTS) is 1. The summed E-state index contributed by atoms with van der Waals surface area (Å²) in [4.78, 5) is 23.6. The molecule has 0 saturated heterocycles. The van der Waals surface area contributed by atoms with E-state index in [1.165, 1.54) is 4.90 Å². The van der Waals surface area contributed by atoms with Crippen molar-refractivity contribution in [2.45, 2.75) is 45.1 Å². The molecule has 80 valence electrons. The van der Waals surface area contributed by atoms with E-state index >= 15 is 0 Å². The minimum absolute atomic E-state index is 0.00301. The third kappa shape index (κ3) is 3.36. The predicted octanol–water partition coefficient (Wildman–Crippen LogP) is 1.25. The number of unbranched alkanes of at least 4 members (excludes halogenated alkanes) is 1. The standard InChI is InChI=1S/C10H17NO3/c1-2-3-4-9(12)11(7-10(13)14)8-5-6-8/h8H,2-7H2,1H3,(H,13,14). The second-order valence-electron chi connectivity index (χ2n) is 3.75. The Bertz CT molecular complexity index is 223. The van der Waals surface area contributed by atoms with Crippen LogP contribution < -0.4 is 0 Å². The molecule has 0 unspecified atom stereocenters. The van der Waals surface area contributed by atoms with Crippen molar-refractivity contribution in [3.05, 3.63) is 0 Å². The fourth-order valence-corrected chi connectivity index (χ4v) is 1.42. The second-order valence-corrected chi connectivity index (χ2v) is 3.75. The molecular formula is C10H17NO3. The molecule has 1 N–H and O–H groups in total. The van der Waals surface area contributed by atoms with Crippen LogP contribution in [0.3, 0.4) is 0 Å². The zero-order valence-corrected chi connectivity index (χ0v) is 8.53. The van der Waals surface area contributed by atoms with Crippen LogP contribution in [0, 0.1) is 0 Å². The van der Waals surface area contributed by atoms with Crippen molar-refractivity contribution >= 4 is 11.9 Å². The summed E-state index contributed by atoms with van der Waals surface area (Å²) in [6, 6.07) is 0.204. The highest BCUT2D eigenvalue weighted by molar-refractivity contribution is 5.81. The van der Waals surface area contributed by atoms with E-state index in [1.807, 2.05) is 6.92 Å². The third-order valence-electron chi connectivity index (χ3n) is 2.36. The Labute approximate surface area is 83.9 Å². The van der Waals surface area contributed by atoms with Crippen LogP contribution in [0.15, 0.2) is 0 Å². The van der Waals surface area contributed by atoms with E-state index in [2.05, 4.69) is 0 Å². The Hall–Kier alpha value is -1.06. The lowest BCUT2D eigenvalue weighted by molar-refractivity contribution is -0.145. The highest BCUT2D eigenvalue weighted by Crippen LogP contribution is 2.27. The van der Waals surface area contributed by atoms with Crippen LogP contribution in [0.25, 0.3) is 0 Å². The molecular weight excluding hydrogens is 182 g/mol. The first-order chi connectivity index (χ1) is 6.65. The zero-order valence-electron chi connectivity index (χ0n) is 8.53. The quantitative estimate of drug-likeness (QED) is 0.700. The first-order valence-electron chi connectivity index (χ1n) is 5.16. The molecule has 0 aromatic carbocycles. The zero-order chi connectivity index (χ0) is 10.6. The lowest BCUT2D eigenvalue weighted by Crippen LogP contribution is -2.37. The summed E-state index contributed by atoms with van der Waals surface area (Å²) in [7, 11) is 0. The Morgan fingerprint density at radius 2 is 2.07 bits per heavy atom. The SMILES string of the molecule is CCCCC(=O)N(CC(=O)O)C1CC1. The van der Waals surface area contributed by atoms with E-state index in [-0.39, 0.29) is 18.5 Å². The van der Waals surface area contributed by atoms with Gasteiger partial charge in [-0.25, -0.2) is 0 Å². The van der Waals surface area contributed by atoms with E-state index in [1.54, 1.807) is 0 Å². The van der Waals surface area contributed by atoms with Gasteiger partial charge in [-0.1, -0.05) is 13.3 Å². The third-order valence-corrected chi connectivity index (χ3v) is 2.36. The summed E-state index contributed by atoms with van der Waals surface area (Å²) in [5, 5.41) is 8.64. The largest absolute Gasteiger partial charge is 0.480 e. The molecule has 1 aliphatic rings. The normalized spacial score (nSPS) is 15.2. The fraction of sp³-hybridized carbons (Fsp3) is 0.800. The van der Waals surface area contributed by atoms with Gasteiger partial charge in [0.2, 0.25) is 5.91 Å². The second kappa shape index (κ2) is 4.98. The number of aliphatic carboxylic acids is 1. The highest BCUT2D eigenvalue weighted by Gasteiger charge is 2.33. The number of nitrogens with zero attached hydrogens (tertiary/aromatic N) is 1. The monoisotopic (exact) mass is 199 g/mol. The highest BCUT2D eigenvalue weighted by atomic mass is 16.4.